The predicted octanol–water partition coefficient (Wildman–Crippen LogP) is 1.82. The SMILES string of the molecule is b1cccn1-c1ccccc1. The molecule has 2 aromatic rings. The van der Waals surface area contributed by atoms with Crippen molar-refractivity contribution in [1.29, 1.82) is 0 Å². The van der Waals surface area contributed by atoms with Crippen LogP contribution in [0.3, 0.4) is 0 Å². The normalized spacial score (nSPS) is 9.45. The molecule has 0 atom stereocenters. The van der Waals surface area contributed by atoms with Crippen LogP contribution in [0.1, 0.15) is 0 Å². The Morgan fingerprint density at radius 1 is 1.00 bits per heavy atom. The van der Waals surface area contributed by atoms with Gasteiger partial charge in [-0.2, -0.15) is 0 Å². The molecule has 0 fully saturated rings. The Morgan fingerprint density at radius 3 is 2.45 bits per heavy atom. The van der Waals surface area contributed by atoms with E-state index in [0.717, 1.165) is 0 Å². The minimum absolute atomic E-state index is 1.21. The van der Waals surface area contributed by atoms with Crippen molar-refractivity contribution in [3.8, 4) is 5.69 Å². The van der Waals surface area contributed by atoms with E-state index in [2.05, 4.69) is 16.6 Å². The molecule has 0 saturated heterocycles. The topological polar surface area (TPSA) is 4.93 Å². The van der Waals surface area contributed by atoms with Gasteiger partial charge in [0.25, 0.3) is 0 Å². The van der Waals surface area contributed by atoms with Crippen LogP contribution in [0, 0.1) is 0 Å². The first-order chi connectivity index (χ1) is 5.47. The Balaban J connectivity index is 2.46. The zero-order chi connectivity index (χ0) is 7.52. The number of hydrogen-bond acceptors (Lipinski definition) is 0. The number of aromatic nitrogens is 1. The molecule has 0 aliphatic heterocycles. The van der Waals surface area contributed by atoms with E-state index in [1.54, 1.807) is 0 Å². The van der Waals surface area contributed by atoms with Gasteiger partial charge in [-0.15, -0.1) is 0 Å². The van der Waals surface area contributed by atoms with Crippen LogP contribution in [0.4, 0.5) is 0 Å². The van der Waals surface area contributed by atoms with Gasteiger partial charge in [0.2, 0.25) is 0 Å². The maximum absolute atomic E-state index is 2.08. The third-order valence-electron chi connectivity index (χ3n) is 1.66. The van der Waals surface area contributed by atoms with Gasteiger partial charge in [-0.3, -0.25) is 0 Å². The Hall–Kier alpha value is -1.31. The average Bonchev–Trinajstić information content (AvgIpc) is 2.58. The summed E-state index contributed by atoms with van der Waals surface area (Å²) in [4.78, 5) is 0. The molecule has 1 aromatic carbocycles. The summed E-state index contributed by atoms with van der Waals surface area (Å²) in [7, 11) is 2.04. The zero-order valence-electron chi connectivity index (χ0n) is 6.14. The van der Waals surface area contributed by atoms with Crippen molar-refractivity contribution in [2.45, 2.75) is 0 Å². The second kappa shape index (κ2) is 2.75. The van der Waals surface area contributed by atoms with Crippen LogP contribution in [-0.4, -0.2) is 11.5 Å². The van der Waals surface area contributed by atoms with E-state index >= 15 is 0 Å². The molecule has 1 aromatic heterocycles. The summed E-state index contributed by atoms with van der Waals surface area (Å²) in [5.41, 5.74) is 1.21. The van der Waals surface area contributed by atoms with E-state index in [1.807, 2.05) is 43.5 Å². The number of rotatable bonds is 1. The Kier molecular flexibility index (Phi) is 1.60. The van der Waals surface area contributed by atoms with Crippen molar-refractivity contribution < 1.29 is 0 Å². The molecule has 0 bridgehead atoms. The van der Waals surface area contributed by atoms with Gasteiger partial charge >= 0.3 is 65.8 Å². The first-order valence-electron chi connectivity index (χ1n) is 3.65. The van der Waals surface area contributed by atoms with E-state index in [9.17, 15) is 0 Å². The van der Waals surface area contributed by atoms with Gasteiger partial charge in [0.1, 0.15) is 0 Å². The summed E-state index contributed by atoms with van der Waals surface area (Å²) in [5, 5.41) is 0. The molecule has 2 heteroatoms. The number of hydrogen-bond donors (Lipinski definition) is 0. The van der Waals surface area contributed by atoms with Crippen LogP contribution < -0.4 is 0 Å². The Morgan fingerprint density at radius 2 is 1.82 bits per heavy atom. The molecule has 52 valence electrons. The Labute approximate surface area is 66.5 Å². The van der Waals surface area contributed by atoms with E-state index in [4.69, 9.17) is 0 Å². The van der Waals surface area contributed by atoms with E-state index in [1.165, 1.54) is 5.69 Å². The fourth-order valence-electron chi connectivity index (χ4n) is 1.11. The van der Waals surface area contributed by atoms with E-state index < -0.39 is 0 Å². The van der Waals surface area contributed by atoms with Crippen LogP contribution in [0.15, 0.2) is 48.6 Å². The van der Waals surface area contributed by atoms with Crippen LogP contribution in [-0.2, 0) is 0 Å². The predicted molar refractivity (Wildman–Crippen MR) is 47.1 cm³/mol. The van der Waals surface area contributed by atoms with Crippen molar-refractivity contribution in [2.75, 3.05) is 0 Å². The summed E-state index contributed by atoms with van der Waals surface area (Å²) < 4.78 is 2.08. The zero-order valence-corrected chi connectivity index (χ0v) is 6.14. The molecule has 0 aliphatic rings. The third-order valence-corrected chi connectivity index (χ3v) is 1.66. The molecule has 0 unspecified atom stereocenters. The summed E-state index contributed by atoms with van der Waals surface area (Å²) in [6.45, 7) is 0. The van der Waals surface area contributed by atoms with Gasteiger partial charge in [0, 0.05) is 0 Å². The number of nitrogens with zero attached hydrogens (tertiary/aromatic N) is 1. The van der Waals surface area contributed by atoms with Crippen LogP contribution in [0.25, 0.3) is 5.69 Å². The van der Waals surface area contributed by atoms with Gasteiger partial charge in [0.05, 0.1) is 0 Å². The van der Waals surface area contributed by atoms with Crippen molar-refractivity contribution in [1.82, 2.24) is 4.47 Å². The van der Waals surface area contributed by atoms with Gasteiger partial charge in [-0.05, 0) is 0 Å². The molecule has 0 aliphatic carbocycles. The first-order valence-corrected chi connectivity index (χ1v) is 3.65. The average molecular weight is 141 g/mol. The molecule has 0 radical (unpaired) electrons. The van der Waals surface area contributed by atoms with Crippen LogP contribution in [0.2, 0.25) is 0 Å². The van der Waals surface area contributed by atoms with E-state index in [0.29, 0.717) is 0 Å². The summed E-state index contributed by atoms with van der Waals surface area (Å²) in [6, 6.07) is 12.3. The monoisotopic (exact) mass is 141 g/mol. The Bertz CT molecular complexity index is 313. The number of para-hydroxylation sites is 1. The van der Waals surface area contributed by atoms with Gasteiger partial charge in [0.15, 0.2) is 0 Å². The molecular formula is C9H8BN. The molecule has 1 heterocycles. The molecule has 0 N–H and O–H groups in total. The first kappa shape index (κ1) is 6.41. The fraction of sp³-hybridized carbons (Fsp3) is 0. The van der Waals surface area contributed by atoms with Crippen molar-refractivity contribution in [3.05, 3.63) is 48.6 Å². The van der Waals surface area contributed by atoms with Gasteiger partial charge in [-0.1, -0.05) is 0 Å². The molecular weight excluding hydrogens is 133 g/mol. The van der Waals surface area contributed by atoms with Gasteiger partial charge < -0.3 is 0 Å². The van der Waals surface area contributed by atoms with Crippen molar-refractivity contribution in [2.24, 2.45) is 0 Å². The molecule has 0 saturated carbocycles. The molecule has 11 heavy (non-hydrogen) atoms. The minimum atomic E-state index is 1.21. The molecule has 2 rings (SSSR count). The van der Waals surface area contributed by atoms with Crippen molar-refractivity contribution in [3.63, 3.8) is 0 Å². The molecule has 0 amide bonds. The molecule has 1 nitrogen and oxygen atoms in total. The summed E-state index contributed by atoms with van der Waals surface area (Å²) in [6.07, 6.45) is 2.04. The maximum atomic E-state index is 2.08. The standard InChI is InChI=1S/C9H8BN/c1-2-5-9(6-3-1)11-8-4-7-10-11/h1-8H. The fourth-order valence-corrected chi connectivity index (χ4v) is 1.11. The number of benzene rings is 1. The summed E-state index contributed by atoms with van der Waals surface area (Å²) >= 11 is 0. The van der Waals surface area contributed by atoms with Gasteiger partial charge in [-0.25, -0.2) is 0 Å². The molecule has 0 spiro atoms. The quantitative estimate of drug-likeness (QED) is 0.570. The second-order valence-electron chi connectivity index (χ2n) is 2.43. The van der Waals surface area contributed by atoms with Crippen LogP contribution in [0.5, 0.6) is 0 Å². The van der Waals surface area contributed by atoms with E-state index in [-0.39, 0.29) is 0 Å². The van der Waals surface area contributed by atoms with Crippen LogP contribution >= 0.6 is 0 Å². The third kappa shape index (κ3) is 1.24. The van der Waals surface area contributed by atoms with Crippen molar-refractivity contribution >= 4 is 7.05 Å². The summed E-state index contributed by atoms with van der Waals surface area (Å²) in [5.74, 6) is 2.02. The second-order valence-corrected chi connectivity index (χ2v) is 2.43.